The minimum atomic E-state index is -0.223. The van der Waals surface area contributed by atoms with Gasteiger partial charge >= 0.3 is 0 Å². The quantitative estimate of drug-likeness (QED) is 0.743. The van der Waals surface area contributed by atoms with E-state index >= 15 is 0 Å². The molecule has 0 bridgehead atoms. The molecule has 0 aliphatic carbocycles. The summed E-state index contributed by atoms with van der Waals surface area (Å²) in [4.78, 5) is 8.66. The van der Waals surface area contributed by atoms with Gasteiger partial charge in [-0.3, -0.25) is 4.98 Å². The highest BCUT2D eigenvalue weighted by Gasteiger charge is 2.14. The third-order valence-corrected chi connectivity index (χ3v) is 3.06. The Kier molecular flexibility index (Phi) is 2.57. The molecular formula is C14H14N4. The Morgan fingerprint density at radius 3 is 2.83 bits per heavy atom. The van der Waals surface area contributed by atoms with Gasteiger partial charge in [-0.05, 0) is 17.7 Å². The number of aromatic nitrogens is 3. The molecule has 0 fully saturated rings. The highest BCUT2D eigenvalue weighted by molar-refractivity contribution is 5.82. The number of hydrogen-bond acceptors (Lipinski definition) is 3. The maximum absolute atomic E-state index is 6.29. The molecule has 2 heterocycles. The van der Waals surface area contributed by atoms with Gasteiger partial charge in [-0.2, -0.15) is 0 Å². The van der Waals surface area contributed by atoms with Gasteiger partial charge < -0.3 is 10.3 Å². The molecule has 1 atom stereocenters. The Hall–Kier alpha value is -2.20. The van der Waals surface area contributed by atoms with Crippen molar-refractivity contribution in [2.75, 3.05) is 0 Å². The topological polar surface area (TPSA) is 56.7 Å². The number of nitrogens with zero attached hydrogens (tertiary/aromatic N) is 3. The Bertz CT molecular complexity index is 682. The highest BCUT2D eigenvalue weighted by atomic mass is 15.0. The largest absolute Gasteiger partial charge is 0.340 e. The maximum atomic E-state index is 6.29. The molecule has 0 radical (unpaired) electrons. The molecular weight excluding hydrogens is 224 g/mol. The number of benzene rings is 1. The van der Waals surface area contributed by atoms with E-state index in [0.717, 1.165) is 22.2 Å². The summed E-state index contributed by atoms with van der Waals surface area (Å²) in [6, 6.07) is 9.75. The Labute approximate surface area is 105 Å². The highest BCUT2D eigenvalue weighted by Crippen LogP contribution is 2.25. The monoisotopic (exact) mass is 238 g/mol. The molecule has 18 heavy (non-hydrogen) atoms. The molecule has 0 aliphatic heterocycles. The second-order valence-electron chi connectivity index (χ2n) is 4.36. The summed E-state index contributed by atoms with van der Waals surface area (Å²) in [6.07, 6.45) is 5.50. The first-order chi connectivity index (χ1) is 8.75. The molecule has 0 saturated heterocycles. The lowest BCUT2D eigenvalue weighted by molar-refractivity contribution is 0.842. The standard InChI is InChI=1S/C14H14N4/c1-18-8-13(17-9-18)14(15)11-4-2-6-12-10(11)5-3-7-16-12/h2-9,14H,15H2,1H3. The number of imidazole rings is 1. The van der Waals surface area contributed by atoms with Crippen molar-refractivity contribution < 1.29 is 0 Å². The number of nitrogens with two attached hydrogens (primary N) is 1. The molecule has 2 aromatic heterocycles. The molecule has 0 aliphatic rings. The van der Waals surface area contributed by atoms with Crippen molar-refractivity contribution in [3.05, 3.63) is 60.3 Å². The summed E-state index contributed by atoms with van der Waals surface area (Å²) in [7, 11) is 1.94. The van der Waals surface area contributed by atoms with Crippen LogP contribution >= 0.6 is 0 Å². The first-order valence-corrected chi connectivity index (χ1v) is 5.83. The Morgan fingerprint density at radius 2 is 2.06 bits per heavy atom. The minimum Gasteiger partial charge on any atom is -0.340 e. The van der Waals surface area contributed by atoms with E-state index in [1.54, 1.807) is 12.5 Å². The van der Waals surface area contributed by atoms with Gasteiger partial charge in [-0.1, -0.05) is 18.2 Å². The van der Waals surface area contributed by atoms with Gasteiger partial charge in [-0.25, -0.2) is 4.98 Å². The van der Waals surface area contributed by atoms with E-state index in [9.17, 15) is 0 Å². The number of aryl methyl sites for hydroxylation is 1. The Balaban J connectivity index is 2.14. The zero-order valence-electron chi connectivity index (χ0n) is 10.1. The van der Waals surface area contributed by atoms with E-state index in [4.69, 9.17) is 5.73 Å². The third kappa shape index (κ3) is 1.76. The molecule has 0 saturated carbocycles. The van der Waals surface area contributed by atoms with Crippen LogP contribution < -0.4 is 5.73 Å². The maximum Gasteiger partial charge on any atom is 0.0947 e. The predicted molar refractivity (Wildman–Crippen MR) is 71.0 cm³/mol. The average molecular weight is 238 g/mol. The second-order valence-corrected chi connectivity index (χ2v) is 4.36. The zero-order valence-corrected chi connectivity index (χ0v) is 10.1. The van der Waals surface area contributed by atoms with Crippen molar-refractivity contribution in [2.24, 2.45) is 12.8 Å². The van der Waals surface area contributed by atoms with Gasteiger partial charge in [0.15, 0.2) is 0 Å². The van der Waals surface area contributed by atoms with Crippen molar-refractivity contribution in [3.63, 3.8) is 0 Å². The lowest BCUT2D eigenvalue weighted by atomic mass is 10.00. The van der Waals surface area contributed by atoms with Crippen LogP contribution in [0.25, 0.3) is 10.9 Å². The second kappa shape index (κ2) is 4.23. The first-order valence-electron chi connectivity index (χ1n) is 5.83. The smallest absolute Gasteiger partial charge is 0.0947 e. The SMILES string of the molecule is Cn1cnc(C(N)c2cccc3ncccc23)c1. The van der Waals surface area contributed by atoms with Crippen LogP contribution in [-0.4, -0.2) is 14.5 Å². The van der Waals surface area contributed by atoms with E-state index in [1.165, 1.54) is 0 Å². The fraction of sp³-hybridized carbons (Fsp3) is 0.143. The third-order valence-electron chi connectivity index (χ3n) is 3.06. The fourth-order valence-corrected chi connectivity index (χ4v) is 2.15. The van der Waals surface area contributed by atoms with E-state index in [1.807, 2.05) is 48.1 Å². The molecule has 4 nitrogen and oxygen atoms in total. The minimum absolute atomic E-state index is 0.223. The van der Waals surface area contributed by atoms with Gasteiger partial charge in [0, 0.05) is 24.8 Å². The molecule has 1 unspecified atom stereocenters. The fourth-order valence-electron chi connectivity index (χ4n) is 2.15. The van der Waals surface area contributed by atoms with Crippen LogP contribution in [0.1, 0.15) is 17.3 Å². The van der Waals surface area contributed by atoms with Gasteiger partial charge in [0.1, 0.15) is 0 Å². The van der Waals surface area contributed by atoms with Crippen molar-refractivity contribution >= 4 is 10.9 Å². The van der Waals surface area contributed by atoms with Crippen LogP contribution in [0.4, 0.5) is 0 Å². The van der Waals surface area contributed by atoms with Crippen molar-refractivity contribution in [1.82, 2.24) is 14.5 Å². The van der Waals surface area contributed by atoms with Crippen LogP contribution in [0.3, 0.4) is 0 Å². The molecule has 90 valence electrons. The van der Waals surface area contributed by atoms with Crippen molar-refractivity contribution in [2.45, 2.75) is 6.04 Å². The van der Waals surface area contributed by atoms with Crippen LogP contribution in [0.15, 0.2) is 49.1 Å². The van der Waals surface area contributed by atoms with Crippen LogP contribution in [0.2, 0.25) is 0 Å². The van der Waals surface area contributed by atoms with Crippen molar-refractivity contribution in [3.8, 4) is 0 Å². The summed E-state index contributed by atoms with van der Waals surface area (Å²) in [6.45, 7) is 0. The van der Waals surface area contributed by atoms with E-state index < -0.39 is 0 Å². The van der Waals surface area contributed by atoms with Gasteiger partial charge in [0.25, 0.3) is 0 Å². The number of fused-ring (bicyclic) bond motifs is 1. The van der Waals surface area contributed by atoms with Gasteiger partial charge in [0.05, 0.1) is 23.6 Å². The molecule has 1 aromatic carbocycles. The average Bonchev–Trinajstić information content (AvgIpc) is 2.84. The van der Waals surface area contributed by atoms with Gasteiger partial charge in [-0.15, -0.1) is 0 Å². The van der Waals surface area contributed by atoms with Crippen molar-refractivity contribution in [1.29, 1.82) is 0 Å². The summed E-state index contributed by atoms with van der Waals surface area (Å²) >= 11 is 0. The Morgan fingerprint density at radius 1 is 1.17 bits per heavy atom. The van der Waals surface area contributed by atoms with E-state index in [0.29, 0.717) is 0 Å². The summed E-state index contributed by atoms with van der Waals surface area (Å²) < 4.78 is 1.90. The molecule has 3 rings (SSSR count). The van der Waals surface area contributed by atoms with E-state index in [-0.39, 0.29) is 6.04 Å². The molecule has 2 N–H and O–H groups in total. The van der Waals surface area contributed by atoms with Crippen LogP contribution in [0, 0.1) is 0 Å². The number of rotatable bonds is 2. The number of pyridine rings is 1. The first kappa shape index (κ1) is 10.9. The zero-order chi connectivity index (χ0) is 12.5. The predicted octanol–water partition coefficient (Wildman–Crippen LogP) is 2.02. The summed E-state index contributed by atoms with van der Waals surface area (Å²) in [5, 5.41) is 1.08. The van der Waals surface area contributed by atoms with Crippen LogP contribution in [-0.2, 0) is 7.05 Å². The molecule has 0 spiro atoms. The summed E-state index contributed by atoms with van der Waals surface area (Å²) in [5.41, 5.74) is 9.18. The van der Waals surface area contributed by atoms with Gasteiger partial charge in [0.2, 0.25) is 0 Å². The molecule has 3 aromatic rings. The molecule has 4 heteroatoms. The normalized spacial score (nSPS) is 12.8. The van der Waals surface area contributed by atoms with E-state index in [2.05, 4.69) is 9.97 Å². The summed E-state index contributed by atoms with van der Waals surface area (Å²) in [5.74, 6) is 0. The number of hydrogen-bond donors (Lipinski definition) is 1. The lowest BCUT2D eigenvalue weighted by Crippen LogP contribution is -2.12. The lowest BCUT2D eigenvalue weighted by Gasteiger charge is -2.12. The molecule has 0 amide bonds. The van der Waals surface area contributed by atoms with Crippen LogP contribution in [0.5, 0.6) is 0 Å².